The molecular weight excluding hydrogens is 156 g/mol. The Hall–Kier alpha value is -0.130. The first kappa shape index (κ1) is 9.87. The third-order valence-corrected chi connectivity index (χ3v) is 2.91. The van der Waals surface area contributed by atoms with Crippen molar-refractivity contribution in [1.82, 2.24) is 0 Å². The highest BCUT2D eigenvalue weighted by atomic mass is 32.2. The second kappa shape index (κ2) is 3.32. The summed E-state index contributed by atoms with van der Waals surface area (Å²) in [6.45, 7) is 0.804. The van der Waals surface area contributed by atoms with Crippen LogP contribution < -0.4 is 0 Å². The Morgan fingerprint density at radius 1 is 1.50 bits per heavy atom. The molecule has 0 aromatic rings. The molecule has 0 amide bonds. The predicted octanol–water partition coefficient (Wildman–Crippen LogP) is -1.23. The second-order valence-electron chi connectivity index (χ2n) is 2.29. The lowest BCUT2D eigenvalue weighted by atomic mass is 10.3. The van der Waals surface area contributed by atoms with Gasteiger partial charge < -0.3 is 10.2 Å². The largest absolute Gasteiger partial charge is 0.395 e. The normalized spacial score (nSPS) is 18.4. The molecule has 0 bridgehead atoms. The maximum Gasteiger partial charge on any atom is 0.155 e. The van der Waals surface area contributed by atoms with E-state index in [1.54, 1.807) is 0 Å². The van der Waals surface area contributed by atoms with Crippen LogP contribution in [0.5, 0.6) is 0 Å². The molecule has 0 aliphatic heterocycles. The highest BCUT2D eigenvalue weighted by Gasteiger charge is 2.24. The van der Waals surface area contributed by atoms with E-state index in [1.807, 2.05) is 0 Å². The molecule has 0 heterocycles. The Kier molecular flexibility index (Phi) is 3.27. The van der Waals surface area contributed by atoms with E-state index in [9.17, 15) is 8.42 Å². The van der Waals surface area contributed by atoms with Crippen LogP contribution in [0.3, 0.4) is 0 Å². The summed E-state index contributed by atoms with van der Waals surface area (Å²) < 4.78 is 21.4. The SMILES string of the molecule is C[C@@H](O)[C@@H](CO)S(C)(=O)=O. The lowest BCUT2D eigenvalue weighted by Crippen LogP contribution is -2.34. The van der Waals surface area contributed by atoms with Gasteiger partial charge in [0.2, 0.25) is 0 Å². The Balaban J connectivity index is 4.38. The van der Waals surface area contributed by atoms with Crippen molar-refractivity contribution in [2.75, 3.05) is 12.9 Å². The van der Waals surface area contributed by atoms with Gasteiger partial charge in [-0.15, -0.1) is 0 Å². The molecule has 0 spiro atoms. The van der Waals surface area contributed by atoms with Crippen molar-refractivity contribution in [3.63, 3.8) is 0 Å². The number of aliphatic hydroxyl groups is 2. The molecule has 0 aliphatic rings. The molecule has 2 atom stereocenters. The fraction of sp³-hybridized carbons (Fsp3) is 1.00. The van der Waals surface area contributed by atoms with Crippen molar-refractivity contribution in [3.05, 3.63) is 0 Å². The highest BCUT2D eigenvalue weighted by molar-refractivity contribution is 7.91. The van der Waals surface area contributed by atoms with Crippen molar-refractivity contribution in [2.24, 2.45) is 0 Å². The summed E-state index contributed by atoms with van der Waals surface area (Å²) in [7, 11) is -3.31. The minimum atomic E-state index is -3.31. The fourth-order valence-electron chi connectivity index (χ4n) is 0.646. The average Bonchev–Trinajstić information content (AvgIpc) is 1.60. The first-order valence-electron chi connectivity index (χ1n) is 2.87. The van der Waals surface area contributed by atoms with Crippen LogP contribution in [0.1, 0.15) is 6.92 Å². The Bertz CT molecular complexity index is 182. The van der Waals surface area contributed by atoms with Gasteiger partial charge in [-0.3, -0.25) is 0 Å². The lowest BCUT2D eigenvalue weighted by Gasteiger charge is -2.13. The second-order valence-corrected chi connectivity index (χ2v) is 4.56. The maximum atomic E-state index is 10.7. The molecular formula is C5H12O4S. The summed E-state index contributed by atoms with van der Waals surface area (Å²) >= 11 is 0. The first-order chi connectivity index (χ1) is 4.39. The molecule has 10 heavy (non-hydrogen) atoms. The zero-order valence-corrected chi connectivity index (χ0v) is 6.80. The maximum absolute atomic E-state index is 10.7. The molecule has 0 saturated carbocycles. The van der Waals surface area contributed by atoms with Crippen LogP contribution in [-0.2, 0) is 9.84 Å². The molecule has 0 aromatic carbocycles. The molecule has 4 nitrogen and oxygen atoms in total. The molecule has 0 aromatic heterocycles. The summed E-state index contributed by atoms with van der Waals surface area (Å²) in [5, 5.41) is 16.3. The van der Waals surface area contributed by atoms with Crippen molar-refractivity contribution >= 4 is 9.84 Å². The third kappa shape index (κ3) is 2.64. The van der Waals surface area contributed by atoms with Gasteiger partial charge in [-0.1, -0.05) is 0 Å². The number of hydrogen-bond acceptors (Lipinski definition) is 4. The highest BCUT2D eigenvalue weighted by Crippen LogP contribution is 2.02. The standard InChI is InChI=1S/C5H12O4S/c1-4(7)5(3-6)10(2,8)9/h4-7H,3H2,1-2H3/t4-,5-/m1/s1. The van der Waals surface area contributed by atoms with Crippen LogP contribution in [0.4, 0.5) is 0 Å². The summed E-state index contributed by atoms with van der Waals surface area (Å²) in [6, 6.07) is 0. The number of rotatable bonds is 3. The van der Waals surface area contributed by atoms with Gasteiger partial charge in [-0.25, -0.2) is 8.42 Å². The lowest BCUT2D eigenvalue weighted by molar-refractivity contribution is 0.152. The van der Waals surface area contributed by atoms with Crippen LogP contribution in [0.25, 0.3) is 0 Å². The molecule has 0 radical (unpaired) electrons. The fourth-order valence-corrected chi connectivity index (χ4v) is 1.63. The molecule has 0 rings (SSSR count). The molecule has 0 unspecified atom stereocenters. The van der Waals surface area contributed by atoms with Gasteiger partial charge in [0.15, 0.2) is 9.84 Å². The van der Waals surface area contributed by atoms with E-state index in [2.05, 4.69) is 0 Å². The summed E-state index contributed by atoms with van der Waals surface area (Å²) in [5.74, 6) is 0. The first-order valence-corrected chi connectivity index (χ1v) is 4.83. The quantitative estimate of drug-likeness (QED) is 0.553. The zero-order chi connectivity index (χ0) is 8.36. The Labute approximate surface area is 60.4 Å². The number of aliphatic hydroxyl groups excluding tert-OH is 2. The Morgan fingerprint density at radius 3 is 1.90 bits per heavy atom. The molecule has 0 saturated heterocycles. The van der Waals surface area contributed by atoms with Gasteiger partial charge in [0, 0.05) is 6.26 Å². The van der Waals surface area contributed by atoms with Crippen molar-refractivity contribution in [1.29, 1.82) is 0 Å². The van der Waals surface area contributed by atoms with Gasteiger partial charge in [-0.05, 0) is 6.92 Å². The van der Waals surface area contributed by atoms with Gasteiger partial charge >= 0.3 is 0 Å². The van der Waals surface area contributed by atoms with E-state index in [1.165, 1.54) is 6.92 Å². The van der Waals surface area contributed by atoms with Gasteiger partial charge in [0.05, 0.1) is 12.7 Å². The third-order valence-electron chi connectivity index (χ3n) is 1.27. The molecule has 62 valence electrons. The van der Waals surface area contributed by atoms with Crippen LogP contribution in [0, 0.1) is 0 Å². The van der Waals surface area contributed by atoms with Crippen molar-refractivity contribution < 1.29 is 18.6 Å². The van der Waals surface area contributed by atoms with Gasteiger partial charge in [0.1, 0.15) is 5.25 Å². The molecule has 2 N–H and O–H groups in total. The van der Waals surface area contributed by atoms with Crippen LogP contribution in [-0.4, -0.2) is 42.8 Å². The summed E-state index contributed by atoms with van der Waals surface area (Å²) in [6.07, 6.45) is -0.0272. The smallest absolute Gasteiger partial charge is 0.155 e. The summed E-state index contributed by atoms with van der Waals surface area (Å²) in [4.78, 5) is 0. The van der Waals surface area contributed by atoms with Crippen molar-refractivity contribution in [3.8, 4) is 0 Å². The van der Waals surface area contributed by atoms with Crippen LogP contribution in [0.2, 0.25) is 0 Å². The average molecular weight is 168 g/mol. The predicted molar refractivity (Wildman–Crippen MR) is 37.4 cm³/mol. The van der Waals surface area contributed by atoms with E-state index in [0.29, 0.717) is 0 Å². The number of hydrogen-bond donors (Lipinski definition) is 2. The Morgan fingerprint density at radius 2 is 1.90 bits per heavy atom. The monoisotopic (exact) mass is 168 g/mol. The topological polar surface area (TPSA) is 74.6 Å². The van der Waals surface area contributed by atoms with E-state index in [4.69, 9.17) is 10.2 Å². The van der Waals surface area contributed by atoms with E-state index >= 15 is 0 Å². The molecule has 5 heteroatoms. The van der Waals surface area contributed by atoms with E-state index in [0.717, 1.165) is 6.26 Å². The number of sulfone groups is 1. The van der Waals surface area contributed by atoms with Gasteiger partial charge in [-0.2, -0.15) is 0 Å². The molecule has 0 fully saturated rings. The van der Waals surface area contributed by atoms with Crippen LogP contribution >= 0.6 is 0 Å². The zero-order valence-electron chi connectivity index (χ0n) is 5.98. The van der Waals surface area contributed by atoms with E-state index in [-0.39, 0.29) is 0 Å². The van der Waals surface area contributed by atoms with E-state index < -0.39 is 27.8 Å². The van der Waals surface area contributed by atoms with Crippen molar-refractivity contribution in [2.45, 2.75) is 18.3 Å². The minimum Gasteiger partial charge on any atom is -0.395 e. The summed E-state index contributed by atoms with van der Waals surface area (Å²) in [5.41, 5.74) is 0. The molecule has 0 aliphatic carbocycles. The minimum absolute atomic E-state index is 0.531. The van der Waals surface area contributed by atoms with Gasteiger partial charge in [0.25, 0.3) is 0 Å². The van der Waals surface area contributed by atoms with Crippen LogP contribution in [0.15, 0.2) is 0 Å².